The van der Waals surface area contributed by atoms with E-state index in [4.69, 9.17) is 0 Å². The van der Waals surface area contributed by atoms with Gasteiger partial charge in [-0.15, -0.1) is 0 Å². The molecule has 9 heteroatoms. The number of fused-ring (bicyclic) bond motifs is 1. The second-order valence-electron chi connectivity index (χ2n) is 8.84. The average molecular weight is 422 g/mol. The second-order valence-corrected chi connectivity index (χ2v) is 8.84. The summed E-state index contributed by atoms with van der Waals surface area (Å²) in [4.78, 5) is 50.4. The minimum atomic E-state index is -0.983. The van der Waals surface area contributed by atoms with Gasteiger partial charge in [0.25, 0.3) is 5.91 Å². The van der Waals surface area contributed by atoms with Gasteiger partial charge in [-0.1, -0.05) is 12.1 Å². The molecule has 0 saturated carbocycles. The van der Waals surface area contributed by atoms with E-state index in [0.29, 0.717) is 13.0 Å². The highest BCUT2D eigenvalue weighted by Crippen LogP contribution is 2.33. The van der Waals surface area contributed by atoms with Crippen molar-refractivity contribution in [2.24, 2.45) is 0 Å². The van der Waals surface area contributed by atoms with E-state index in [1.54, 1.807) is 13.3 Å². The van der Waals surface area contributed by atoms with Gasteiger partial charge in [0.2, 0.25) is 5.91 Å². The molecule has 4 amide bonds. The van der Waals surface area contributed by atoms with Crippen LogP contribution in [0.2, 0.25) is 0 Å². The van der Waals surface area contributed by atoms with Crippen molar-refractivity contribution in [2.75, 3.05) is 18.0 Å². The van der Waals surface area contributed by atoms with Crippen molar-refractivity contribution in [3.8, 4) is 0 Å². The number of amides is 4. The number of aromatic nitrogens is 2. The standard InChI is InChI=1S/C22H26N6O3/c1-22(20(30)25-21(31)26-22)12-14-6-4-10-27(14)19(29)17-9-5-11-28(17)18-15-7-2-3-8-16(15)23-13-24-18/h2-3,7-8,13-14,17H,4-6,9-12H2,1H3,(H2,25,26,30,31). The van der Waals surface area contributed by atoms with E-state index in [9.17, 15) is 14.4 Å². The Morgan fingerprint density at radius 1 is 1.16 bits per heavy atom. The van der Waals surface area contributed by atoms with Crippen LogP contribution in [0, 0.1) is 0 Å². The summed E-state index contributed by atoms with van der Waals surface area (Å²) in [6.07, 6.45) is 5.38. The normalized spacial score (nSPS) is 28.3. The first-order chi connectivity index (χ1) is 15.0. The summed E-state index contributed by atoms with van der Waals surface area (Å²) in [6.45, 7) is 3.17. The molecule has 0 spiro atoms. The molecule has 1 aromatic heterocycles. The van der Waals surface area contributed by atoms with Gasteiger partial charge in [-0.3, -0.25) is 14.9 Å². The number of imide groups is 1. The minimum Gasteiger partial charge on any atom is -0.344 e. The number of nitrogens with zero attached hydrogens (tertiary/aromatic N) is 4. The Kier molecular flexibility index (Phi) is 4.75. The number of likely N-dealkylation sites (tertiary alicyclic amines) is 1. The highest BCUT2D eigenvalue weighted by atomic mass is 16.2. The number of nitrogens with one attached hydrogen (secondary N) is 2. The first-order valence-electron chi connectivity index (χ1n) is 10.9. The fraction of sp³-hybridized carbons (Fsp3) is 0.500. The summed E-state index contributed by atoms with van der Waals surface area (Å²) in [5, 5.41) is 5.98. The summed E-state index contributed by atoms with van der Waals surface area (Å²) >= 11 is 0. The molecule has 162 valence electrons. The smallest absolute Gasteiger partial charge is 0.322 e. The summed E-state index contributed by atoms with van der Waals surface area (Å²) in [5.74, 6) is 0.550. The van der Waals surface area contributed by atoms with E-state index < -0.39 is 11.6 Å². The molecular formula is C22H26N6O3. The average Bonchev–Trinajstić information content (AvgIpc) is 3.47. The highest BCUT2D eigenvalue weighted by molar-refractivity contribution is 6.06. The van der Waals surface area contributed by atoms with Gasteiger partial charge >= 0.3 is 6.03 Å². The predicted molar refractivity (Wildman–Crippen MR) is 114 cm³/mol. The lowest BCUT2D eigenvalue weighted by Gasteiger charge is -2.34. The number of rotatable bonds is 4. The summed E-state index contributed by atoms with van der Waals surface area (Å²) in [5.41, 5.74) is -0.122. The zero-order valence-corrected chi connectivity index (χ0v) is 17.5. The third-order valence-electron chi connectivity index (χ3n) is 6.75. The molecule has 3 unspecified atom stereocenters. The maximum Gasteiger partial charge on any atom is 0.322 e. The summed E-state index contributed by atoms with van der Waals surface area (Å²) < 4.78 is 0. The largest absolute Gasteiger partial charge is 0.344 e. The fourth-order valence-corrected chi connectivity index (χ4v) is 5.22. The van der Waals surface area contributed by atoms with Crippen molar-refractivity contribution in [3.63, 3.8) is 0 Å². The van der Waals surface area contributed by atoms with Crippen molar-refractivity contribution in [1.29, 1.82) is 0 Å². The SMILES string of the molecule is CC1(CC2CCCN2C(=O)C2CCCN2c2ncnc3ccccc23)NC(=O)NC1=O. The molecule has 0 bridgehead atoms. The Labute approximate surface area is 180 Å². The third-order valence-corrected chi connectivity index (χ3v) is 6.75. The van der Waals surface area contributed by atoms with Gasteiger partial charge in [0.05, 0.1) is 5.52 Å². The molecule has 0 radical (unpaired) electrons. The van der Waals surface area contributed by atoms with E-state index in [1.165, 1.54) is 0 Å². The van der Waals surface area contributed by atoms with Crippen molar-refractivity contribution in [3.05, 3.63) is 30.6 Å². The van der Waals surface area contributed by atoms with Crippen LogP contribution in [-0.2, 0) is 9.59 Å². The van der Waals surface area contributed by atoms with Crippen molar-refractivity contribution < 1.29 is 14.4 Å². The molecule has 3 aliphatic rings. The molecule has 1 aromatic carbocycles. The van der Waals surface area contributed by atoms with E-state index in [0.717, 1.165) is 48.9 Å². The van der Waals surface area contributed by atoms with Crippen LogP contribution in [0.1, 0.15) is 39.0 Å². The third kappa shape index (κ3) is 3.37. The number of para-hydroxylation sites is 1. The number of benzene rings is 1. The second kappa shape index (κ2) is 7.47. The van der Waals surface area contributed by atoms with Crippen LogP contribution in [-0.4, -0.2) is 63.4 Å². The van der Waals surface area contributed by atoms with Gasteiger partial charge in [-0.25, -0.2) is 14.8 Å². The quantitative estimate of drug-likeness (QED) is 0.725. The highest BCUT2D eigenvalue weighted by Gasteiger charge is 2.47. The molecule has 2 aromatic rings. The molecule has 2 N–H and O–H groups in total. The minimum absolute atomic E-state index is 0.0776. The molecule has 3 saturated heterocycles. The van der Waals surface area contributed by atoms with Crippen LogP contribution in [0.3, 0.4) is 0 Å². The Morgan fingerprint density at radius 2 is 1.97 bits per heavy atom. The zero-order valence-electron chi connectivity index (χ0n) is 17.5. The Morgan fingerprint density at radius 3 is 2.77 bits per heavy atom. The number of hydrogen-bond acceptors (Lipinski definition) is 6. The molecule has 31 heavy (non-hydrogen) atoms. The first kappa shape index (κ1) is 19.7. The van der Waals surface area contributed by atoms with Crippen LogP contribution >= 0.6 is 0 Å². The van der Waals surface area contributed by atoms with Gasteiger partial charge in [0, 0.05) is 24.5 Å². The lowest BCUT2D eigenvalue weighted by Crippen LogP contribution is -2.52. The van der Waals surface area contributed by atoms with E-state index in [-0.39, 0.29) is 23.9 Å². The molecule has 3 fully saturated rings. The number of hydrogen-bond donors (Lipinski definition) is 2. The van der Waals surface area contributed by atoms with Crippen LogP contribution in [0.4, 0.5) is 10.6 Å². The monoisotopic (exact) mass is 422 g/mol. The van der Waals surface area contributed by atoms with Gasteiger partial charge in [-0.05, 0) is 51.2 Å². The van der Waals surface area contributed by atoms with Gasteiger partial charge in [0.15, 0.2) is 0 Å². The molecule has 3 atom stereocenters. The van der Waals surface area contributed by atoms with Crippen LogP contribution in [0.15, 0.2) is 30.6 Å². The Balaban J connectivity index is 1.38. The summed E-state index contributed by atoms with van der Waals surface area (Å²) in [7, 11) is 0. The lowest BCUT2D eigenvalue weighted by molar-refractivity contribution is -0.134. The zero-order chi connectivity index (χ0) is 21.6. The molecule has 3 aliphatic heterocycles. The number of carbonyl (C=O) groups is 3. The van der Waals surface area contributed by atoms with E-state index in [2.05, 4.69) is 25.5 Å². The van der Waals surface area contributed by atoms with Crippen molar-refractivity contribution in [1.82, 2.24) is 25.5 Å². The van der Waals surface area contributed by atoms with Gasteiger partial charge < -0.3 is 15.1 Å². The van der Waals surface area contributed by atoms with E-state index >= 15 is 0 Å². The molecule has 0 aliphatic carbocycles. The number of carbonyl (C=O) groups excluding carboxylic acids is 3. The molecular weight excluding hydrogens is 396 g/mol. The van der Waals surface area contributed by atoms with Gasteiger partial charge in [0.1, 0.15) is 23.7 Å². The van der Waals surface area contributed by atoms with E-state index in [1.807, 2.05) is 29.2 Å². The number of anilines is 1. The van der Waals surface area contributed by atoms with Gasteiger partial charge in [-0.2, -0.15) is 0 Å². The van der Waals surface area contributed by atoms with Crippen LogP contribution < -0.4 is 15.5 Å². The van der Waals surface area contributed by atoms with Crippen molar-refractivity contribution >= 4 is 34.6 Å². The van der Waals surface area contributed by atoms with Crippen LogP contribution in [0.5, 0.6) is 0 Å². The number of urea groups is 1. The molecule has 4 heterocycles. The first-order valence-corrected chi connectivity index (χ1v) is 10.9. The fourth-order valence-electron chi connectivity index (χ4n) is 5.22. The summed E-state index contributed by atoms with van der Waals surface area (Å²) in [6, 6.07) is 7.02. The predicted octanol–water partition coefficient (Wildman–Crippen LogP) is 1.58. The topological polar surface area (TPSA) is 108 Å². The molecule has 5 rings (SSSR count). The Bertz CT molecular complexity index is 1050. The Hall–Kier alpha value is -3.23. The lowest BCUT2D eigenvalue weighted by atomic mass is 9.91. The maximum atomic E-state index is 13.7. The van der Waals surface area contributed by atoms with Crippen LogP contribution in [0.25, 0.3) is 10.9 Å². The maximum absolute atomic E-state index is 13.7. The molecule has 9 nitrogen and oxygen atoms in total. The van der Waals surface area contributed by atoms with Crippen molar-refractivity contribution in [2.45, 2.75) is 56.7 Å².